The fourth-order valence-electron chi connectivity index (χ4n) is 4.80. The van der Waals surface area contributed by atoms with Crippen molar-refractivity contribution in [3.63, 3.8) is 0 Å². The SMILES string of the molecule is CCc1cc2ccc(CN3CC4(C3)CN(c3ccc(F)cc3F)C4)cc2[nH]c1=O. The summed E-state index contributed by atoms with van der Waals surface area (Å²) >= 11 is 0. The molecule has 0 saturated carbocycles. The number of fused-ring (bicyclic) bond motifs is 1. The molecule has 1 N–H and O–H groups in total. The largest absolute Gasteiger partial charge is 0.368 e. The van der Waals surface area contributed by atoms with Gasteiger partial charge in [0.2, 0.25) is 0 Å². The Bertz CT molecular complexity index is 1140. The van der Waals surface area contributed by atoms with Crippen LogP contribution in [0.1, 0.15) is 18.1 Å². The minimum absolute atomic E-state index is 0.0114. The summed E-state index contributed by atoms with van der Waals surface area (Å²) in [4.78, 5) is 19.4. The van der Waals surface area contributed by atoms with Crippen LogP contribution in [0.2, 0.25) is 0 Å². The number of aryl methyl sites for hydroxylation is 1. The van der Waals surface area contributed by atoms with E-state index >= 15 is 0 Å². The number of hydrogen-bond acceptors (Lipinski definition) is 3. The fraction of sp³-hybridized carbons (Fsp3) is 0.348. The second-order valence-corrected chi connectivity index (χ2v) is 8.50. The van der Waals surface area contributed by atoms with Crippen LogP contribution < -0.4 is 10.5 Å². The van der Waals surface area contributed by atoms with Gasteiger partial charge < -0.3 is 9.88 Å². The van der Waals surface area contributed by atoms with Crippen molar-refractivity contribution < 1.29 is 8.78 Å². The third kappa shape index (κ3) is 3.21. The van der Waals surface area contributed by atoms with E-state index in [1.807, 2.05) is 17.9 Å². The molecular formula is C23H23F2N3O. The standard InChI is InChI=1S/C23H23F2N3O/c1-2-16-8-17-4-3-15(7-20(17)26-22(16)29)10-27-11-23(12-27)13-28(14-23)21-6-5-18(24)9-19(21)25/h3-9H,2,10-14H2,1H3,(H,26,29). The fourth-order valence-corrected chi connectivity index (χ4v) is 4.80. The molecule has 2 fully saturated rings. The average Bonchev–Trinajstić information content (AvgIpc) is 2.62. The Kier molecular flexibility index (Phi) is 4.21. The first-order valence-corrected chi connectivity index (χ1v) is 10.0. The highest BCUT2D eigenvalue weighted by molar-refractivity contribution is 5.79. The average molecular weight is 395 g/mol. The lowest BCUT2D eigenvalue weighted by atomic mass is 9.72. The van der Waals surface area contributed by atoms with Gasteiger partial charge in [0.05, 0.1) is 5.69 Å². The third-order valence-corrected chi connectivity index (χ3v) is 6.20. The highest BCUT2D eigenvalue weighted by Crippen LogP contribution is 2.43. The summed E-state index contributed by atoms with van der Waals surface area (Å²) in [5.41, 5.74) is 3.54. The number of anilines is 1. The molecule has 0 bridgehead atoms. The lowest BCUT2D eigenvalue weighted by Gasteiger charge is -2.61. The molecule has 29 heavy (non-hydrogen) atoms. The first kappa shape index (κ1) is 18.3. The normalized spacial score (nSPS) is 18.1. The van der Waals surface area contributed by atoms with E-state index < -0.39 is 11.6 Å². The highest BCUT2D eigenvalue weighted by atomic mass is 19.1. The molecule has 1 aromatic heterocycles. The van der Waals surface area contributed by atoms with Crippen LogP contribution in [-0.4, -0.2) is 36.1 Å². The summed E-state index contributed by atoms with van der Waals surface area (Å²) in [5.74, 6) is -1.04. The molecule has 6 heteroatoms. The Morgan fingerprint density at radius 2 is 1.83 bits per heavy atom. The van der Waals surface area contributed by atoms with Crippen LogP contribution >= 0.6 is 0 Å². The maximum atomic E-state index is 13.9. The molecule has 0 atom stereocenters. The molecule has 4 nitrogen and oxygen atoms in total. The van der Waals surface area contributed by atoms with Gasteiger partial charge in [0.1, 0.15) is 11.6 Å². The van der Waals surface area contributed by atoms with Gasteiger partial charge in [0.25, 0.3) is 5.56 Å². The van der Waals surface area contributed by atoms with Crippen LogP contribution in [0.25, 0.3) is 10.9 Å². The van der Waals surface area contributed by atoms with Gasteiger partial charge in [0.15, 0.2) is 0 Å². The van der Waals surface area contributed by atoms with E-state index in [4.69, 9.17) is 0 Å². The molecule has 3 aromatic rings. The van der Waals surface area contributed by atoms with Crippen LogP contribution in [0.3, 0.4) is 0 Å². The van der Waals surface area contributed by atoms with E-state index in [0.29, 0.717) is 5.69 Å². The van der Waals surface area contributed by atoms with Gasteiger partial charge in [-0.15, -0.1) is 0 Å². The number of hydrogen-bond donors (Lipinski definition) is 1. The summed E-state index contributed by atoms with van der Waals surface area (Å²) in [7, 11) is 0. The maximum Gasteiger partial charge on any atom is 0.251 e. The molecule has 2 aliphatic rings. The van der Waals surface area contributed by atoms with Crippen molar-refractivity contribution >= 4 is 16.6 Å². The number of benzene rings is 2. The van der Waals surface area contributed by atoms with Crippen LogP contribution in [-0.2, 0) is 13.0 Å². The Labute approximate surface area is 167 Å². The number of rotatable bonds is 4. The second-order valence-electron chi connectivity index (χ2n) is 8.50. The minimum atomic E-state index is -0.543. The smallest absolute Gasteiger partial charge is 0.251 e. The Balaban J connectivity index is 1.22. The summed E-state index contributed by atoms with van der Waals surface area (Å²) in [6.07, 6.45) is 0.724. The number of aromatic amines is 1. The van der Waals surface area contributed by atoms with Crippen molar-refractivity contribution in [2.75, 3.05) is 31.1 Å². The predicted molar refractivity (Wildman–Crippen MR) is 110 cm³/mol. The van der Waals surface area contributed by atoms with Gasteiger partial charge in [-0.3, -0.25) is 9.69 Å². The topological polar surface area (TPSA) is 39.3 Å². The van der Waals surface area contributed by atoms with Gasteiger partial charge >= 0.3 is 0 Å². The summed E-state index contributed by atoms with van der Waals surface area (Å²) in [5, 5.41) is 1.06. The van der Waals surface area contributed by atoms with Gasteiger partial charge in [0, 0.05) is 55.3 Å². The predicted octanol–water partition coefficient (Wildman–Crippen LogP) is 3.69. The Morgan fingerprint density at radius 1 is 1.03 bits per heavy atom. The minimum Gasteiger partial charge on any atom is -0.368 e. The van der Waals surface area contributed by atoms with Crippen molar-refractivity contribution in [2.45, 2.75) is 19.9 Å². The van der Waals surface area contributed by atoms with Crippen molar-refractivity contribution in [3.05, 3.63) is 75.6 Å². The molecular weight excluding hydrogens is 372 g/mol. The van der Waals surface area contributed by atoms with Crippen LogP contribution in [0, 0.1) is 17.0 Å². The first-order chi connectivity index (χ1) is 13.9. The quantitative estimate of drug-likeness (QED) is 0.732. The van der Waals surface area contributed by atoms with Gasteiger partial charge in [-0.2, -0.15) is 0 Å². The Hall–Kier alpha value is -2.73. The summed E-state index contributed by atoms with van der Waals surface area (Å²) in [6, 6.07) is 12.0. The zero-order valence-corrected chi connectivity index (χ0v) is 16.3. The molecule has 150 valence electrons. The van der Waals surface area contributed by atoms with Gasteiger partial charge in [-0.1, -0.05) is 19.1 Å². The maximum absolute atomic E-state index is 13.9. The number of nitrogens with zero attached hydrogens (tertiary/aromatic N) is 2. The zero-order chi connectivity index (χ0) is 20.2. The molecule has 2 aliphatic heterocycles. The first-order valence-electron chi connectivity index (χ1n) is 10.0. The van der Waals surface area contributed by atoms with E-state index in [9.17, 15) is 13.6 Å². The van der Waals surface area contributed by atoms with E-state index in [1.54, 1.807) is 0 Å². The highest BCUT2D eigenvalue weighted by Gasteiger charge is 2.51. The summed E-state index contributed by atoms with van der Waals surface area (Å²) in [6.45, 7) is 6.36. The molecule has 2 aromatic carbocycles. The van der Waals surface area contributed by atoms with Crippen molar-refractivity contribution in [1.82, 2.24) is 9.88 Å². The van der Waals surface area contributed by atoms with Crippen LogP contribution in [0.4, 0.5) is 14.5 Å². The van der Waals surface area contributed by atoms with Crippen molar-refractivity contribution in [2.24, 2.45) is 5.41 Å². The second kappa shape index (κ2) is 6.66. The molecule has 0 amide bonds. The lowest BCUT2D eigenvalue weighted by molar-refractivity contribution is -0.0275. The molecule has 1 spiro atoms. The number of aromatic nitrogens is 1. The molecule has 5 rings (SSSR count). The summed E-state index contributed by atoms with van der Waals surface area (Å²) < 4.78 is 27.0. The number of nitrogens with one attached hydrogen (secondary N) is 1. The number of likely N-dealkylation sites (tertiary alicyclic amines) is 1. The van der Waals surface area contributed by atoms with Crippen LogP contribution in [0.15, 0.2) is 47.3 Å². The number of halogens is 2. The van der Waals surface area contributed by atoms with Crippen molar-refractivity contribution in [1.29, 1.82) is 0 Å². The van der Waals surface area contributed by atoms with Gasteiger partial charge in [-0.25, -0.2) is 8.78 Å². The molecule has 3 heterocycles. The van der Waals surface area contributed by atoms with Gasteiger partial charge in [-0.05, 0) is 41.6 Å². The molecule has 0 unspecified atom stereocenters. The van der Waals surface area contributed by atoms with E-state index in [-0.39, 0.29) is 11.0 Å². The molecule has 0 radical (unpaired) electrons. The third-order valence-electron chi connectivity index (χ3n) is 6.20. The lowest BCUT2D eigenvalue weighted by Crippen LogP contribution is -2.72. The van der Waals surface area contributed by atoms with E-state index in [0.717, 1.165) is 61.7 Å². The molecule has 0 aliphatic carbocycles. The zero-order valence-electron chi connectivity index (χ0n) is 16.3. The van der Waals surface area contributed by atoms with E-state index in [2.05, 4.69) is 28.1 Å². The Morgan fingerprint density at radius 3 is 2.55 bits per heavy atom. The van der Waals surface area contributed by atoms with Crippen LogP contribution in [0.5, 0.6) is 0 Å². The molecule has 2 saturated heterocycles. The monoisotopic (exact) mass is 395 g/mol. The van der Waals surface area contributed by atoms with E-state index in [1.165, 1.54) is 17.7 Å². The number of pyridine rings is 1. The number of H-pyrrole nitrogens is 1. The van der Waals surface area contributed by atoms with Crippen molar-refractivity contribution in [3.8, 4) is 0 Å².